The molecule has 1 fully saturated rings. The van der Waals surface area contributed by atoms with E-state index >= 15 is 0 Å². The molecule has 0 spiro atoms. The Kier molecular flexibility index (Phi) is 5.03. The van der Waals surface area contributed by atoms with Crippen molar-refractivity contribution in [1.82, 2.24) is 14.2 Å². The van der Waals surface area contributed by atoms with Crippen LogP contribution in [-0.2, 0) is 23.0 Å². The Bertz CT molecular complexity index is 776. The van der Waals surface area contributed by atoms with E-state index in [1.807, 2.05) is 26.0 Å². The Labute approximate surface area is 143 Å². The van der Waals surface area contributed by atoms with Gasteiger partial charge in [0, 0.05) is 32.6 Å². The molecule has 2 aromatic rings. The normalized spacial score (nSPS) is 17.2. The molecule has 3 rings (SSSR count). The van der Waals surface area contributed by atoms with Gasteiger partial charge in [0.25, 0.3) is 0 Å². The summed E-state index contributed by atoms with van der Waals surface area (Å²) in [5.74, 6) is 1.58. The lowest BCUT2D eigenvalue weighted by molar-refractivity contribution is 0.167. The van der Waals surface area contributed by atoms with Crippen LogP contribution < -0.4 is 0 Å². The van der Waals surface area contributed by atoms with E-state index in [0.717, 1.165) is 17.7 Å². The summed E-state index contributed by atoms with van der Waals surface area (Å²) < 4.78 is 32.5. The van der Waals surface area contributed by atoms with Crippen LogP contribution in [0.5, 0.6) is 0 Å². The highest BCUT2D eigenvalue weighted by molar-refractivity contribution is 7.89. The predicted molar refractivity (Wildman–Crippen MR) is 91.1 cm³/mol. The molecule has 0 aliphatic carbocycles. The van der Waals surface area contributed by atoms with E-state index in [-0.39, 0.29) is 0 Å². The van der Waals surface area contributed by atoms with Crippen molar-refractivity contribution >= 4 is 10.0 Å². The fourth-order valence-corrected chi connectivity index (χ4v) is 4.19. The molecular weight excluding hydrogens is 326 g/mol. The molecule has 0 bridgehead atoms. The zero-order valence-electron chi connectivity index (χ0n) is 14.1. The van der Waals surface area contributed by atoms with Crippen LogP contribution in [0.4, 0.5) is 0 Å². The summed E-state index contributed by atoms with van der Waals surface area (Å²) in [6.07, 6.45) is 2.59. The first-order valence-electron chi connectivity index (χ1n) is 8.22. The molecule has 0 atom stereocenters. The van der Waals surface area contributed by atoms with E-state index < -0.39 is 10.0 Å². The highest BCUT2D eigenvalue weighted by Crippen LogP contribution is 2.19. The maximum Gasteiger partial charge on any atom is 0.243 e. The monoisotopic (exact) mass is 349 g/mol. The van der Waals surface area contributed by atoms with Crippen molar-refractivity contribution in [2.45, 2.75) is 31.7 Å². The van der Waals surface area contributed by atoms with E-state index in [1.165, 1.54) is 0 Å². The van der Waals surface area contributed by atoms with Gasteiger partial charge in [-0.25, -0.2) is 13.4 Å². The quantitative estimate of drug-likeness (QED) is 0.826. The maximum atomic E-state index is 12.7. The first-order chi connectivity index (χ1) is 11.5. The van der Waals surface area contributed by atoms with Gasteiger partial charge in [0.05, 0.1) is 17.6 Å². The minimum Gasteiger partial charge on any atom is -0.444 e. The molecule has 0 saturated carbocycles. The van der Waals surface area contributed by atoms with Crippen molar-refractivity contribution in [2.75, 3.05) is 26.2 Å². The number of hydrogen-bond donors (Lipinski definition) is 0. The van der Waals surface area contributed by atoms with Crippen LogP contribution in [0.3, 0.4) is 0 Å². The second-order valence-corrected chi connectivity index (χ2v) is 8.01. The van der Waals surface area contributed by atoms with Gasteiger partial charge in [-0.05, 0) is 19.1 Å². The summed E-state index contributed by atoms with van der Waals surface area (Å²) >= 11 is 0. The first kappa shape index (κ1) is 17.1. The third-order valence-corrected chi connectivity index (χ3v) is 6.21. The molecule has 2 heterocycles. The van der Waals surface area contributed by atoms with Crippen LogP contribution in [0, 0.1) is 6.92 Å². The molecule has 0 amide bonds. The molecule has 7 heteroatoms. The molecule has 130 valence electrons. The van der Waals surface area contributed by atoms with Crippen molar-refractivity contribution in [3.05, 3.63) is 47.7 Å². The predicted octanol–water partition coefficient (Wildman–Crippen LogP) is 2.05. The average Bonchev–Trinajstić information content (AvgIpc) is 3.03. The lowest BCUT2D eigenvalue weighted by Gasteiger charge is -2.33. The number of sulfonamides is 1. The molecule has 1 aliphatic rings. The molecular formula is C17H23N3O3S. The number of hydrogen-bond acceptors (Lipinski definition) is 5. The Morgan fingerprint density at radius 2 is 1.79 bits per heavy atom. The summed E-state index contributed by atoms with van der Waals surface area (Å²) in [5, 5.41) is 0. The summed E-state index contributed by atoms with van der Waals surface area (Å²) in [4.78, 5) is 6.80. The number of benzene rings is 1. The van der Waals surface area contributed by atoms with Crippen molar-refractivity contribution < 1.29 is 12.8 Å². The van der Waals surface area contributed by atoms with Gasteiger partial charge in [0.15, 0.2) is 0 Å². The number of oxazole rings is 1. The topological polar surface area (TPSA) is 66.7 Å². The van der Waals surface area contributed by atoms with Gasteiger partial charge in [0.1, 0.15) is 5.76 Å². The van der Waals surface area contributed by atoms with Gasteiger partial charge in [-0.15, -0.1) is 0 Å². The van der Waals surface area contributed by atoms with Crippen LogP contribution in [0.25, 0.3) is 0 Å². The Morgan fingerprint density at radius 3 is 2.38 bits per heavy atom. The second-order valence-electron chi connectivity index (χ2n) is 6.07. The van der Waals surface area contributed by atoms with E-state index in [4.69, 9.17) is 4.42 Å². The largest absolute Gasteiger partial charge is 0.444 e. The van der Waals surface area contributed by atoms with Crippen LogP contribution in [0.2, 0.25) is 0 Å². The molecule has 1 aromatic heterocycles. The second kappa shape index (κ2) is 7.04. The van der Waals surface area contributed by atoms with Gasteiger partial charge in [-0.2, -0.15) is 4.31 Å². The average molecular weight is 349 g/mol. The highest BCUT2D eigenvalue weighted by atomic mass is 32.2. The SMILES string of the molecule is CCc1cnc(CN2CCN(S(=O)(=O)c3ccc(C)cc3)CC2)o1. The summed E-state index contributed by atoms with van der Waals surface area (Å²) in [6, 6.07) is 7.01. The Morgan fingerprint density at radius 1 is 1.12 bits per heavy atom. The maximum absolute atomic E-state index is 12.7. The molecule has 0 N–H and O–H groups in total. The molecule has 1 aromatic carbocycles. The lowest BCUT2D eigenvalue weighted by Crippen LogP contribution is -2.48. The Balaban J connectivity index is 1.60. The molecule has 24 heavy (non-hydrogen) atoms. The van der Waals surface area contributed by atoms with E-state index in [1.54, 1.807) is 22.6 Å². The number of piperazine rings is 1. The zero-order chi connectivity index (χ0) is 17.2. The van der Waals surface area contributed by atoms with Gasteiger partial charge >= 0.3 is 0 Å². The number of rotatable bonds is 5. The minimum atomic E-state index is -3.41. The van der Waals surface area contributed by atoms with Crippen molar-refractivity contribution in [3.8, 4) is 0 Å². The number of nitrogens with zero attached hydrogens (tertiary/aromatic N) is 3. The smallest absolute Gasteiger partial charge is 0.243 e. The standard InChI is InChI=1S/C17H23N3O3S/c1-3-15-12-18-17(23-15)13-19-8-10-20(11-9-19)24(21,22)16-6-4-14(2)5-7-16/h4-7,12H,3,8-11,13H2,1-2H3. The Hall–Kier alpha value is -1.70. The van der Waals surface area contributed by atoms with Gasteiger partial charge in [-0.3, -0.25) is 4.90 Å². The zero-order valence-corrected chi connectivity index (χ0v) is 14.9. The summed E-state index contributed by atoms with van der Waals surface area (Å²) in [6.45, 7) is 6.91. The third-order valence-electron chi connectivity index (χ3n) is 4.30. The molecule has 6 nitrogen and oxygen atoms in total. The van der Waals surface area contributed by atoms with Crippen molar-refractivity contribution in [3.63, 3.8) is 0 Å². The van der Waals surface area contributed by atoms with Gasteiger partial charge in [0.2, 0.25) is 15.9 Å². The fourth-order valence-electron chi connectivity index (χ4n) is 2.76. The van der Waals surface area contributed by atoms with Gasteiger partial charge in [-0.1, -0.05) is 24.6 Å². The highest BCUT2D eigenvalue weighted by Gasteiger charge is 2.28. The molecule has 1 aliphatic heterocycles. The fraction of sp³-hybridized carbons (Fsp3) is 0.471. The molecule has 1 saturated heterocycles. The van der Waals surface area contributed by atoms with Crippen LogP contribution >= 0.6 is 0 Å². The van der Waals surface area contributed by atoms with Gasteiger partial charge < -0.3 is 4.42 Å². The van der Waals surface area contributed by atoms with E-state index in [2.05, 4.69) is 9.88 Å². The first-order valence-corrected chi connectivity index (χ1v) is 9.66. The number of aromatic nitrogens is 1. The van der Waals surface area contributed by atoms with Crippen molar-refractivity contribution in [1.29, 1.82) is 0 Å². The van der Waals surface area contributed by atoms with E-state index in [9.17, 15) is 8.42 Å². The van der Waals surface area contributed by atoms with Crippen LogP contribution in [0.1, 0.15) is 24.1 Å². The van der Waals surface area contributed by atoms with Crippen LogP contribution in [0.15, 0.2) is 39.8 Å². The molecule has 0 unspecified atom stereocenters. The minimum absolute atomic E-state index is 0.363. The third kappa shape index (κ3) is 3.68. The number of aryl methyl sites for hydroxylation is 2. The van der Waals surface area contributed by atoms with E-state index in [0.29, 0.717) is 43.5 Å². The van der Waals surface area contributed by atoms with Crippen molar-refractivity contribution in [2.24, 2.45) is 0 Å². The lowest BCUT2D eigenvalue weighted by atomic mass is 10.2. The van der Waals surface area contributed by atoms with Crippen LogP contribution in [-0.4, -0.2) is 48.8 Å². The summed E-state index contributed by atoms with van der Waals surface area (Å²) in [5.41, 5.74) is 1.05. The summed E-state index contributed by atoms with van der Waals surface area (Å²) in [7, 11) is -3.41. The molecule has 0 radical (unpaired) electrons.